The molecule has 1 amide bonds. The van der Waals surface area contributed by atoms with Crippen LogP contribution in [0.4, 0.5) is 22.0 Å². The van der Waals surface area contributed by atoms with Crippen LogP contribution in [0.5, 0.6) is 11.6 Å². The molecular weight excluding hydrogens is 505 g/mol. The molecule has 0 radical (unpaired) electrons. The van der Waals surface area contributed by atoms with Crippen LogP contribution in [0.25, 0.3) is 0 Å². The van der Waals surface area contributed by atoms with E-state index in [1.54, 1.807) is 0 Å². The molecule has 0 saturated carbocycles. The standard InChI is InChI=1S/C25H21ClF5N3O2/c1-14-11-16(26)9-10-19(14)24(27,28)13-32-22(35)21-18-7-2-3-8-20(18)33-34-23(21)36-17-6-4-5-15(12-17)25(29,30)31/h4-6,9-12H,2-3,7-8,13H2,1H3,(H,32,35). The minimum atomic E-state index is -4.60. The zero-order valence-electron chi connectivity index (χ0n) is 19.1. The van der Waals surface area contributed by atoms with Gasteiger partial charge in [0.15, 0.2) is 0 Å². The van der Waals surface area contributed by atoms with Gasteiger partial charge in [0.1, 0.15) is 11.3 Å². The van der Waals surface area contributed by atoms with Gasteiger partial charge in [0.2, 0.25) is 0 Å². The van der Waals surface area contributed by atoms with Gasteiger partial charge in [0.05, 0.1) is 17.8 Å². The van der Waals surface area contributed by atoms with Crippen LogP contribution < -0.4 is 10.1 Å². The third kappa shape index (κ3) is 5.59. The van der Waals surface area contributed by atoms with E-state index in [1.807, 2.05) is 0 Å². The Morgan fingerprint density at radius 3 is 2.53 bits per heavy atom. The Hall–Kier alpha value is -3.27. The number of halogens is 6. The summed E-state index contributed by atoms with van der Waals surface area (Å²) >= 11 is 5.86. The van der Waals surface area contributed by atoms with Crippen molar-refractivity contribution in [1.82, 2.24) is 15.5 Å². The summed E-state index contributed by atoms with van der Waals surface area (Å²) in [6.45, 7) is 0.468. The molecule has 0 fully saturated rings. The number of rotatable bonds is 6. The highest BCUT2D eigenvalue weighted by Crippen LogP contribution is 2.35. The number of hydrogen-bond donors (Lipinski definition) is 1. The first-order valence-corrected chi connectivity index (χ1v) is 11.5. The summed E-state index contributed by atoms with van der Waals surface area (Å²) in [6.07, 6.45) is -2.11. The fraction of sp³-hybridized carbons (Fsp3) is 0.320. The lowest BCUT2D eigenvalue weighted by Gasteiger charge is -2.22. The lowest BCUT2D eigenvalue weighted by Crippen LogP contribution is -2.36. The van der Waals surface area contributed by atoms with Crippen molar-refractivity contribution in [2.75, 3.05) is 6.54 Å². The number of nitrogens with one attached hydrogen (secondary N) is 1. The molecule has 36 heavy (non-hydrogen) atoms. The van der Waals surface area contributed by atoms with E-state index in [4.69, 9.17) is 16.3 Å². The molecule has 11 heteroatoms. The number of benzene rings is 2. The highest BCUT2D eigenvalue weighted by atomic mass is 35.5. The third-order valence-electron chi connectivity index (χ3n) is 5.87. The van der Waals surface area contributed by atoms with E-state index in [9.17, 15) is 26.7 Å². The molecule has 0 aliphatic heterocycles. The van der Waals surface area contributed by atoms with E-state index in [0.717, 1.165) is 31.0 Å². The summed E-state index contributed by atoms with van der Waals surface area (Å²) in [4.78, 5) is 13.2. The van der Waals surface area contributed by atoms with Crippen LogP contribution in [0.3, 0.4) is 0 Å². The van der Waals surface area contributed by atoms with E-state index >= 15 is 0 Å². The van der Waals surface area contributed by atoms with Crippen LogP contribution >= 0.6 is 11.6 Å². The van der Waals surface area contributed by atoms with Crippen molar-refractivity contribution in [3.8, 4) is 11.6 Å². The number of nitrogens with zero attached hydrogens (tertiary/aromatic N) is 2. The Morgan fingerprint density at radius 2 is 1.81 bits per heavy atom. The molecule has 1 aromatic heterocycles. The summed E-state index contributed by atoms with van der Waals surface area (Å²) in [5, 5.41) is 10.5. The number of aryl methyl sites for hydroxylation is 2. The average Bonchev–Trinajstić information content (AvgIpc) is 2.82. The Labute approximate surface area is 208 Å². The first-order valence-electron chi connectivity index (χ1n) is 11.1. The smallest absolute Gasteiger partial charge is 0.416 e. The van der Waals surface area contributed by atoms with Gasteiger partial charge in [-0.2, -0.15) is 27.1 Å². The summed E-state index contributed by atoms with van der Waals surface area (Å²) < 4.78 is 74.8. The molecular formula is C25H21ClF5N3O2. The molecule has 1 heterocycles. The second kappa shape index (κ2) is 10.0. The number of hydrogen-bond acceptors (Lipinski definition) is 4. The Morgan fingerprint density at radius 1 is 1.06 bits per heavy atom. The summed E-state index contributed by atoms with van der Waals surface area (Å²) in [5.41, 5.74) is -0.0683. The normalized spacial score (nSPS) is 13.8. The highest BCUT2D eigenvalue weighted by molar-refractivity contribution is 6.30. The van der Waals surface area contributed by atoms with E-state index in [0.29, 0.717) is 29.1 Å². The predicted octanol–water partition coefficient (Wildman–Crippen LogP) is 6.65. The van der Waals surface area contributed by atoms with Gasteiger partial charge in [0.25, 0.3) is 17.7 Å². The minimum absolute atomic E-state index is 0.110. The van der Waals surface area contributed by atoms with Crippen molar-refractivity contribution in [2.45, 2.75) is 44.7 Å². The van der Waals surface area contributed by atoms with Crippen molar-refractivity contribution in [3.63, 3.8) is 0 Å². The maximum Gasteiger partial charge on any atom is 0.416 e. The number of carbonyl (C=O) groups is 1. The average molecular weight is 526 g/mol. The first kappa shape index (κ1) is 25.8. The van der Waals surface area contributed by atoms with Crippen LogP contribution in [0.15, 0.2) is 42.5 Å². The van der Waals surface area contributed by atoms with Gasteiger partial charge in [0, 0.05) is 10.6 Å². The molecule has 0 bridgehead atoms. The first-order chi connectivity index (χ1) is 17.0. The van der Waals surface area contributed by atoms with Gasteiger partial charge in [-0.1, -0.05) is 23.7 Å². The van der Waals surface area contributed by atoms with Crippen molar-refractivity contribution < 1.29 is 31.5 Å². The second-order valence-corrected chi connectivity index (χ2v) is 8.92. The van der Waals surface area contributed by atoms with Gasteiger partial charge in [-0.15, -0.1) is 5.10 Å². The van der Waals surface area contributed by atoms with E-state index < -0.39 is 30.1 Å². The molecule has 0 spiro atoms. The van der Waals surface area contributed by atoms with Gasteiger partial charge in [-0.25, -0.2) is 0 Å². The van der Waals surface area contributed by atoms with Gasteiger partial charge in [-0.3, -0.25) is 4.79 Å². The Balaban J connectivity index is 1.64. The van der Waals surface area contributed by atoms with E-state index in [1.165, 1.54) is 31.2 Å². The maximum atomic E-state index is 14.9. The van der Waals surface area contributed by atoms with Crippen LogP contribution in [-0.2, 0) is 24.9 Å². The molecule has 1 N–H and O–H groups in total. The van der Waals surface area contributed by atoms with E-state index in [2.05, 4.69) is 15.5 Å². The highest BCUT2D eigenvalue weighted by Gasteiger charge is 2.35. The maximum absolute atomic E-state index is 14.9. The summed E-state index contributed by atoms with van der Waals surface area (Å²) in [7, 11) is 0. The molecule has 1 aliphatic rings. The molecule has 0 saturated heterocycles. The van der Waals surface area contributed by atoms with E-state index in [-0.39, 0.29) is 28.3 Å². The monoisotopic (exact) mass is 525 g/mol. The van der Waals surface area contributed by atoms with Crippen LogP contribution in [-0.4, -0.2) is 22.6 Å². The number of ether oxygens (including phenoxy) is 1. The van der Waals surface area contributed by atoms with Crippen molar-refractivity contribution in [1.29, 1.82) is 0 Å². The van der Waals surface area contributed by atoms with Gasteiger partial charge < -0.3 is 10.1 Å². The second-order valence-electron chi connectivity index (χ2n) is 8.49. The number of fused-ring (bicyclic) bond motifs is 1. The molecule has 5 nitrogen and oxygen atoms in total. The number of carbonyl (C=O) groups excluding carboxylic acids is 1. The molecule has 4 rings (SSSR count). The summed E-state index contributed by atoms with van der Waals surface area (Å²) in [6, 6.07) is 8.00. The molecule has 2 aromatic carbocycles. The minimum Gasteiger partial charge on any atom is -0.437 e. The topological polar surface area (TPSA) is 64.1 Å². The van der Waals surface area contributed by atoms with Crippen LogP contribution in [0, 0.1) is 6.92 Å². The molecule has 3 aromatic rings. The zero-order chi connectivity index (χ0) is 26.1. The fourth-order valence-electron chi connectivity index (χ4n) is 4.12. The predicted molar refractivity (Wildman–Crippen MR) is 123 cm³/mol. The molecule has 0 atom stereocenters. The zero-order valence-corrected chi connectivity index (χ0v) is 19.8. The Kier molecular flexibility index (Phi) is 7.17. The largest absolute Gasteiger partial charge is 0.437 e. The number of alkyl halides is 5. The third-order valence-corrected chi connectivity index (χ3v) is 6.11. The number of aromatic nitrogens is 2. The molecule has 190 valence electrons. The SMILES string of the molecule is Cc1cc(Cl)ccc1C(F)(F)CNC(=O)c1c(Oc2cccc(C(F)(F)F)c2)nnc2c1CCCC2. The summed E-state index contributed by atoms with van der Waals surface area (Å²) in [5.74, 6) is -4.85. The lowest BCUT2D eigenvalue weighted by atomic mass is 9.92. The quantitative estimate of drug-likeness (QED) is 0.366. The van der Waals surface area contributed by atoms with Crippen LogP contribution in [0.1, 0.15) is 51.1 Å². The van der Waals surface area contributed by atoms with Crippen molar-refractivity contribution in [3.05, 3.63) is 81.0 Å². The van der Waals surface area contributed by atoms with Gasteiger partial charge >= 0.3 is 6.18 Å². The Bertz CT molecular complexity index is 1300. The fourth-order valence-corrected chi connectivity index (χ4v) is 4.35. The van der Waals surface area contributed by atoms with Gasteiger partial charge in [-0.05, 0) is 74.1 Å². The van der Waals surface area contributed by atoms with Crippen molar-refractivity contribution >= 4 is 17.5 Å². The molecule has 0 unspecified atom stereocenters. The lowest BCUT2D eigenvalue weighted by molar-refractivity contribution is -0.137. The number of amides is 1. The van der Waals surface area contributed by atoms with Crippen LogP contribution in [0.2, 0.25) is 5.02 Å². The molecule has 1 aliphatic carbocycles. The van der Waals surface area contributed by atoms with Crippen molar-refractivity contribution in [2.24, 2.45) is 0 Å².